The van der Waals surface area contributed by atoms with E-state index in [4.69, 9.17) is 5.11 Å². The van der Waals surface area contributed by atoms with Crippen LogP contribution in [-0.4, -0.2) is 21.0 Å². The van der Waals surface area contributed by atoms with Crippen LogP contribution in [0.1, 0.15) is 21.1 Å². The number of thiophene rings is 1. The second kappa shape index (κ2) is 5.10. The third kappa shape index (κ3) is 2.68. The van der Waals surface area contributed by atoms with Gasteiger partial charge in [-0.3, -0.25) is 4.79 Å². The summed E-state index contributed by atoms with van der Waals surface area (Å²) in [4.78, 5) is 29.8. The highest BCUT2D eigenvalue weighted by molar-refractivity contribution is 7.20. The molecule has 21 heavy (non-hydrogen) atoms. The van der Waals surface area contributed by atoms with Gasteiger partial charge in [0, 0.05) is 6.42 Å². The van der Waals surface area contributed by atoms with Gasteiger partial charge in [-0.15, -0.1) is 11.3 Å². The summed E-state index contributed by atoms with van der Waals surface area (Å²) in [5.74, 6) is -1.01. The standard InChI is InChI=1S/C14H9FN2O3S/c15-8-3-1-7(2-4-8)5-11-16-9-6-10(14(19)20)21-12(9)13(18)17-11/h1-4,6H,5H2,(H,19,20)(H,16,17,18). The number of nitrogens with one attached hydrogen (secondary N) is 1. The molecule has 0 fully saturated rings. The molecule has 2 heterocycles. The third-order valence-electron chi connectivity index (χ3n) is 2.93. The zero-order valence-corrected chi connectivity index (χ0v) is 11.4. The molecule has 0 amide bonds. The number of rotatable bonds is 3. The van der Waals surface area contributed by atoms with Crippen LogP contribution in [0, 0.1) is 5.82 Å². The maximum Gasteiger partial charge on any atom is 0.345 e. The maximum absolute atomic E-state index is 12.8. The van der Waals surface area contributed by atoms with Gasteiger partial charge in [0.05, 0.1) is 5.52 Å². The molecule has 0 unspecified atom stereocenters. The minimum Gasteiger partial charge on any atom is -0.477 e. The molecule has 0 radical (unpaired) electrons. The van der Waals surface area contributed by atoms with Gasteiger partial charge in [0.1, 0.15) is 21.2 Å². The van der Waals surface area contributed by atoms with Crippen LogP contribution in [0.4, 0.5) is 4.39 Å². The number of fused-ring (bicyclic) bond motifs is 1. The number of carboxylic acids is 1. The first-order valence-electron chi connectivity index (χ1n) is 6.03. The Balaban J connectivity index is 2.01. The van der Waals surface area contributed by atoms with Gasteiger partial charge >= 0.3 is 5.97 Å². The molecule has 5 nitrogen and oxygen atoms in total. The Kier molecular flexibility index (Phi) is 3.26. The molecule has 1 aromatic carbocycles. The highest BCUT2D eigenvalue weighted by Gasteiger charge is 2.13. The number of carbonyl (C=O) groups is 1. The number of halogens is 1. The van der Waals surface area contributed by atoms with Crippen molar-refractivity contribution in [1.82, 2.24) is 9.97 Å². The molecule has 0 bridgehead atoms. The van der Waals surface area contributed by atoms with Gasteiger partial charge in [0.25, 0.3) is 5.56 Å². The SMILES string of the molecule is O=C(O)c1cc2nc(Cc3ccc(F)cc3)[nH]c(=O)c2s1. The van der Waals surface area contributed by atoms with Crippen LogP contribution in [0.25, 0.3) is 10.2 Å². The number of hydrogen-bond acceptors (Lipinski definition) is 4. The van der Waals surface area contributed by atoms with Crippen molar-refractivity contribution in [2.24, 2.45) is 0 Å². The first-order chi connectivity index (χ1) is 10.0. The van der Waals surface area contributed by atoms with Crippen molar-refractivity contribution in [3.63, 3.8) is 0 Å². The van der Waals surface area contributed by atoms with Gasteiger partial charge in [-0.25, -0.2) is 14.2 Å². The second-order valence-corrected chi connectivity index (χ2v) is 5.50. The topological polar surface area (TPSA) is 83.0 Å². The molecule has 2 aromatic heterocycles. The summed E-state index contributed by atoms with van der Waals surface area (Å²) in [6.07, 6.45) is 0.337. The third-order valence-corrected chi connectivity index (χ3v) is 4.04. The Morgan fingerprint density at radius 1 is 1.33 bits per heavy atom. The summed E-state index contributed by atoms with van der Waals surface area (Å²) in [7, 11) is 0. The number of nitrogens with zero attached hydrogens (tertiary/aromatic N) is 1. The number of H-pyrrole nitrogens is 1. The number of hydrogen-bond donors (Lipinski definition) is 2. The smallest absolute Gasteiger partial charge is 0.345 e. The summed E-state index contributed by atoms with van der Waals surface area (Å²) in [6.45, 7) is 0. The van der Waals surface area contributed by atoms with Crippen molar-refractivity contribution in [1.29, 1.82) is 0 Å². The van der Waals surface area contributed by atoms with E-state index < -0.39 is 5.97 Å². The lowest BCUT2D eigenvalue weighted by atomic mass is 10.1. The van der Waals surface area contributed by atoms with E-state index in [1.54, 1.807) is 12.1 Å². The van der Waals surface area contributed by atoms with E-state index in [9.17, 15) is 14.0 Å². The lowest BCUT2D eigenvalue weighted by Crippen LogP contribution is -2.10. The highest BCUT2D eigenvalue weighted by atomic mass is 32.1. The molecule has 3 aromatic rings. The maximum atomic E-state index is 12.8. The van der Waals surface area contributed by atoms with E-state index in [2.05, 4.69) is 9.97 Å². The quantitative estimate of drug-likeness (QED) is 0.778. The van der Waals surface area contributed by atoms with Crippen LogP contribution < -0.4 is 5.56 Å². The van der Waals surface area contributed by atoms with Crippen molar-refractivity contribution in [3.05, 3.63) is 62.8 Å². The van der Waals surface area contributed by atoms with Gasteiger partial charge in [-0.1, -0.05) is 12.1 Å². The fourth-order valence-electron chi connectivity index (χ4n) is 1.97. The number of carboxylic acid groups (broad SMARTS) is 1. The fraction of sp³-hybridized carbons (Fsp3) is 0.0714. The summed E-state index contributed by atoms with van der Waals surface area (Å²) in [5, 5.41) is 8.94. The van der Waals surface area contributed by atoms with E-state index in [0.717, 1.165) is 16.9 Å². The molecule has 3 rings (SSSR count). The fourth-order valence-corrected chi connectivity index (χ4v) is 2.80. The predicted molar refractivity (Wildman–Crippen MR) is 76.4 cm³/mol. The molecule has 0 saturated carbocycles. The van der Waals surface area contributed by atoms with Crippen LogP contribution >= 0.6 is 11.3 Å². The number of benzene rings is 1. The molecule has 0 atom stereocenters. The zero-order valence-electron chi connectivity index (χ0n) is 10.6. The van der Waals surface area contributed by atoms with Gasteiger partial charge in [-0.2, -0.15) is 0 Å². The van der Waals surface area contributed by atoms with E-state index in [1.807, 2.05) is 0 Å². The Bertz CT molecular complexity index is 883. The number of aromatic carboxylic acids is 1. The van der Waals surface area contributed by atoms with Crippen molar-refractivity contribution in [2.45, 2.75) is 6.42 Å². The number of aromatic nitrogens is 2. The van der Waals surface area contributed by atoms with E-state index in [-0.39, 0.29) is 21.0 Å². The average Bonchev–Trinajstić information content (AvgIpc) is 2.86. The molecule has 2 N–H and O–H groups in total. The molecule has 7 heteroatoms. The summed E-state index contributed by atoms with van der Waals surface area (Å²) in [6, 6.07) is 7.26. The van der Waals surface area contributed by atoms with Crippen molar-refractivity contribution in [3.8, 4) is 0 Å². The summed E-state index contributed by atoms with van der Waals surface area (Å²) >= 11 is 0.894. The van der Waals surface area contributed by atoms with Crippen molar-refractivity contribution < 1.29 is 14.3 Å². The summed E-state index contributed by atoms with van der Waals surface area (Å²) in [5.41, 5.74) is 0.792. The van der Waals surface area contributed by atoms with E-state index in [1.165, 1.54) is 18.2 Å². The van der Waals surface area contributed by atoms with Gasteiger partial charge in [0.2, 0.25) is 0 Å². The van der Waals surface area contributed by atoms with Crippen LogP contribution in [-0.2, 0) is 6.42 Å². The van der Waals surface area contributed by atoms with Crippen molar-refractivity contribution >= 4 is 27.5 Å². The van der Waals surface area contributed by atoms with Crippen LogP contribution in [0.15, 0.2) is 35.1 Å². The van der Waals surface area contributed by atoms with Crippen molar-refractivity contribution in [2.75, 3.05) is 0 Å². The van der Waals surface area contributed by atoms with E-state index in [0.29, 0.717) is 17.8 Å². The van der Waals surface area contributed by atoms with Gasteiger partial charge in [-0.05, 0) is 23.8 Å². The predicted octanol–water partition coefficient (Wildman–Crippen LogP) is 2.41. The van der Waals surface area contributed by atoms with E-state index >= 15 is 0 Å². The Morgan fingerprint density at radius 2 is 2.05 bits per heavy atom. The highest BCUT2D eigenvalue weighted by Crippen LogP contribution is 2.21. The molecule has 106 valence electrons. The molecule has 0 saturated heterocycles. The lowest BCUT2D eigenvalue weighted by molar-refractivity contribution is 0.0702. The minimum atomic E-state index is -1.09. The Hall–Kier alpha value is -2.54. The van der Waals surface area contributed by atoms with Crippen LogP contribution in [0.5, 0.6) is 0 Å². The van der Waals surface area contributed by atoms with Gasteiger partial charge in [0.15, 0.2) is 0 Å². The Morgan fingerprint density at radius 3 is 2.71 bits per heavy atom. The first-order valence-corrected chi connectivity index (χ1v) is 6.85. The first kappa shape index (κ1) is 13.4. The monoisotopic (exact) mass is 304 g/mol. The second-order valence-electron chi connectivity index (χ2n) is 4.45. The Labute approximate surface area is 121 Å². The van der Waals surface area contributed by atoms with Crippen LogP contribution in [0.2, 0.25) is 0 Å². The summed E-state index contributed by atoms with van der Waals surface area (Å²) < 4.78 is 13.1. The molecule has 0 spiro atoms. The normalized spacial score (nSPS) is 10.9. The van der Waals surface area contributed by atoms with Crippen LogP contribution in [0.3, 0.4) is 0 Å². The minimum absolute atomic E-state index is 0.0712. The molecular weight excluding hydrogens is 295 g/mol. The average molecular weight is 304 g/mol. The lowest BCUT2D eigenvalue weighted by Gasteiger charge is -2.01. The molecule has 0 aliphatic carbocycles. The molecule has 0 aliphatic heterocycles. The number of aromatic amines is 1. The molecular formula is C14H9FN2O3S. The zero-order chi connectivity index (χ0) is 15.0. The largest absolute Gasteiger partial charge is 0.477 e. The molecule has 0 aliphatic rings. The van der Waals surface area contributed by atoms with Gasteiger partial charge < -0.3 is 10.1 Å².